The maximum atomic E-state index is 12.5. The molecule has 126 valence electrons. The molecule has 23 heavy (non-hydrogen) atoms. The van der Waals surface area contributed by atoms with Gasteiger partial charge in [0.25, 0.3) is 0 Å². The molecule has 0 atom stereocenters. The molecule has 0 amide bonds. The van der Waals surface area contributed by atoms with Gasteiger partial charge in [-0.15, -0.1) is 13.2 Å². The molecule has 4 nitrogen and oxygen atoms in total. The van der Waals surface area contributed by atoms with Crippen LogP contribution < -0.4 is 4.74 Å². The molecule has 0 spiro atoms. The van der Waals surface area contributed by atoms with E-state index < -0.39 is 51.4 Å². The number of carbonyl (C=O) groups excluding carboxylic acids is 1. The Labute approximate surface area is 130 Å². The Morgan fingerprint density at radius 1 is 1.26 bits per heavy atom. The number of benzene rings is 1. The summed E-state index contributed by atoms with van der Waals surface area (Å²) in [4.78, 5) is 10.9. The molecule has 11 heteroatoms. The number of alkyl halides is 6. The average molecular weight is 359 g/mol. The van der Waals surface area contributed by atoms with Crippen molar-refractivity contribution in [3.63, 3.8) is 0 Å². The van der Waals surface area contributed by atoms with Gasteiger partial charge in [-0.05, 0) is 30.8 Å². The largest absolute Gasteiger partial charge is 0.573 e. The molecule has 0 aliphatic rings. The van der Waals surface area contributed by atoms with Crippen molar-refractivity contribution in [3.05, 3.63) is 23.3 Å². The van der Waals surface area contributed by atoms with Crippen molar-refractivity contribution in [2.75, 3.05) is 6.61 Å². The zero-order valence-electron chi connectivity index (χ0n) is 11.2. The number of hydrogen-bond acceptors (Lipinski definition) is 5. The van der Waals surface area contributed by atoms with E-state index in [1.165, 1.54) is 13.0 Å². The van der Waals surface area contributed by atoms with Crippen LogP contribution in [0.5, 0.6) is 5.75 Å². The number of rotatable bonds is 4. The maximum absolute atomic E-state index is 12.5. The van der Waals surface area contributed by atoms with E-state index in [2.05, 4.69) is 9.47 Å². The summed E-state index contributed by atoms with van der Waals surface area (Å²) in [6, 6.07) is 2.72. The number of hydrogen-bond donors (Lipinski definition) is 0. The van der Waals surface area contributed by atoms with Crippen molar-refractivity contribution in [2.24, 2.45) is 0 Å². The van der Waals surface area contributed by atoms with E-state index in [0.717, 1.165) is 0 Å². The van der Waals surface area contributed by atoms with Crippen LogP contribution in [0, 0.1) is 11.3 Å². The lowest BCUT2D eigenvalue weighted by atomic mass is 10.1. The molecule has 1 rings (SSSR count). The average Bonchev–Trinajstić information content (AvgIpc) is 2.35. The highest BCUT2D eigenvalue weighted by Crippen LogP contribution is 2.43. The number of esters is 1. The maximum Gasteiger partial charge on any atom is 0.573 e. The minimum Gasteiger partial charge on any atom is -0.462 e. The zero-order chi connectivity index (χ0) is 17.8. The number of halogens is 6. The first-order valence-corrected chi connectivity index (χ1v) is 6.56. The predicted molar refractivity (Wildman–Crippen MR) is 65.7 cm³/mol. The molecule has 0 heterocycles. The lowest BCUT2D eigenvalue weighted by Crippen LogP contribution is -2.21. The van der Waals surface area contributed by atoms with Crippen molar-refractivity contribution in [1.29, 1.82) is 5.26 Å². The summed E-state index contributed by atoms with van der Waals surface area (Å²) in [5, 5.41) is 8.80. The van der Waals surface area contributed by atoms with Crippen LogP contribution in [0.25, 0.3) is 0 Å². The molecule has 0 radical (unpaired) electrons. The Kier molecular flexibility index (Phi) is 5.76. The van der Waals surface area contributed by atoms with Gasteiger partial charge in [0, 0.05) is 4.90 Å². The van der Waals surface area contributed by atoms with Gasteiger partial charge < -0.3 is 9.47 Å². The zero-order valence-corrected chi connectivity index (χ0v) is 12.0. The van der Waals surface area contributed by atoms with E-state index in [1.54, 1.807) is 0 Å². The summed E-state index contributed by atoms with van der Waals surface area (Å²) in [5.41, 5.74) is -6.73. The monoisotopic (exact) mass is 359 g/mol. The molecular weight excluding hydrogens is 352 g/mol. The van der Waals surface area contributed by atoms with E-state index in [0.29, 0.717) is 12.1 Å². The van der Waals surface area contributed by atoms with Crippen molar-refractivity contribution in [2.45, 2.75) is 23.7 Å². The fourth-order valence-electron chi connectivity index (χ4n) is 1.48. The quantitative estimate of drug-likeness (QED) is 0.457. The first-order chi connectivity index (χ1) is 10.5. The fourth-order valence-corrected chi connectivity index (χ4v) is 2.14. The van der Waals surface area contributed by atoms with Gasteiger partial charge in [-0.3, -0.25) is 0 Å². The van der Waals surface area contributed by atoms with Crippen molar-refractivity contribution < 1.29 is 40.6 Å². The number of carbonyl (C=O) groups is 1. The van der Waals surface area contributed by atoms with E-state index in [1.807, 2.05) is 0 Å². The highest BCUT2D eigenvalue weighted by atomic mass is 32.2. The summed E-state index contributed by atoms with van der Waals surface area (Å²) in [6.45, 7) is 1.02. The smallest absolute Gasteiger partial charge is 0.462 e. The van der Waals surface area contributed by atoms with Crippen LogP contribution in [0.15, 0.2) is 17.0 Å². The van der Waals surface area contributed by atoms with Gasteiger partial charge in [0.1, 0.15) is 11.6 Å². The summed E-state index contributed by atoms with van der Waals surface area (Å²) < 4.78 is 82.9. The second kappa shape index (κ2) is 6.99. The Balaban J connectivity index is 3.57. The van der Waals surface area contributed by atoms with Crippen LogP contribution in [0.1, 0.15) is 22.8 Å². The molecule has 0 unspecified atom stereocenters. The van der Waals surface area contributed by atoms with Gasteiger partial charge in [-0.25, -0.2) is 4.79 Å². The second-order valence-electron chi connectivity index (χ2n) is 3.74. The molecule has 0 fully saturated rings. The van der Waals surface area contributed by atoms with Crippen molar-refractivity contribution in [3.8, 4) is 11.8 Å². The fraction of sp³-hybridized carbons (Fsp3) is 0.333. The Bertz CT molecular complexity index is 635. The van der Waals surface area contributed by atoms with Gasteiger partial charge in [-0.2, -0.15) is 18.4 Å². The molecule has 0 bridgehead atoms. The van der Waals surface area contributed by atoms with Crippen LogP contribution in [0.4, 0.5) is 26.3 Å². The first kappa shape index (κ1) is 19.0. The molecule has 0 aliphatic carbocycles. The molecule has 0 saturated heterocycles. The SMILES string of the molecule is CCOC(=O)c1c(SC(F)(F)F)ccc(C#N)c1OC(F)(F)F. The molecule has 0 N–H and O–H groups in total. The molecule has 1 aromatic carbocycles. The predicted octanol–water partition coefficient (Wildman–Crippen LogP) is 4.25. The van der Waals surface area contributed by atoms with Gasteiger partial charge in [0.2, 0.25) is 0 Å². The normalized spacial score (nSPS) is 11.7. The number of nitriles is 1. The third kappa shape index (κ3) is 5.55. The Morgan fingerprint density at radius 3 is 2.30 bits per heavy atom. The number of ether oxygens (including phenoxy) is 2. The van der Waals surface area contributed by atoms with Crippen LogP contribution >= 0.6 is 11.8 Å². The topological polar surface area (TPSA) is 59.3 Å². The lowest BCUT2D eigenvalue weighted by molar-refractivity contribution is -0.274. The van der Waals surface area contributed by atoms with Gasteiger partial charge >= 0.3 is 17.8 Å². The Morgan fingerprint density at radius 2 is 1.87 bits per heavy atom. The van der Waals surface area contributed by atoms with E-state index >= 15 is 0 Å². The molecule has 0 aromatic heterocycles. The Hall–Kier alpha value is -2.09. The van der Waals surface area contributed by atoms with E-state index in [9.17, 15) is 31.1 Å². The molecule has 1 aromatic rings. The minimum atomic E-state index is -5.31. The van der Waals surface area contributed by atoms with E-state index in [4.69, 9.17) is 5.26 Å². The van der Waals surface area contributed by atoms with Crippen molar-refractivity contribution >= 4 is 17.7 Å². The third-order valence-electron chi connectivity index (χ3n) is 2.16. The van der Waals surface area contributed by atoms with Crippen molar-refractivity contribution in [1.82, 2.24) is 0 Å². The van der Waals surface area contributed by atoms with Gasteiger partial charge in [0.05, 0.1) is 12.2 Å². The number of thioether (sulfide) groups is 1. The van der Waals surface area contributed by atoms with Crippen LogP contribution in [0.2, 0.25) is 0 Å². The summed E-state index contributed by atoms with van der Waals surface area (Å²) >= 11 is -0.817. The molecule has 0 aliphatic heterocycles. The molecule has 0 saturated carbocycles. The molecular formula is C12H7F6NO3S. The summed E-state index contributed by atoms with van der Waals surface area (Å²) in [5.74, 6) is -2.79. The first-order valence-electron chi connectivity index (χ1n) is 5.74. The lowest BCUT2D eigenvalue weighted by Gasteiger charge is -2.17. The summed E-state index contributed by atoms with van der Waals surface area (Å²) in [6.07, 6.45) is -5.31. The highest BCUT2D eigenvalue weighted by Gasteiger charge is 2.38. The van der Waals surface area contributed by atoms with Crippen LogP contribution in [-0.4, -0.2) is 24.4 Å². The van der Waals surface area contributed by atoms with Gasteiger partial charge in [-0.1, -0.05) is 0 Å². The highest BCUT2D eigenvalue weighted by molar-refractivity contribution is 8.00. The van der Waals surface area contributed by atoms with E-state index in [-0.39, 0.29) is 6.61 Å². The van der Waals surface area contributed by atoms with Crippen LogP contribution in [0.3, 0.4) is 0 Å². The second-order valence-corrected chi connectivity index (χ2v) is 4.85. The minimum absolute atomic E-state index is 0.294. The standard InChI is InChI=1S/C12H7F6NO3S/c1-2-21-10(20)8-7(23-12(16,17)18)4-3-6(5-19)9(8)22-11(13,14)15/h3-4H,2H2,1H3. The van der Waals surface area contributed by atoms with Gasteiger partial charge in [0.15, 0.2) is 5.75 Å². The van der Waals surface area contributed by atoms with Crippen LogP contribution in [-0.2, 0) is 4.74 Å². The number of nitrogens with zero attached hydrogens (tertiary/aromatic N) is 1. The third-order valence-corrected chi connectivity index (χ3v) is 2.95. The summed E-state index contributed by atoms with van der Waals surface area (Å²) in [7, 11) is 0.